The van der Waals surface area contributed by atoms with Crippen LogP contribution in [0.3, 0.4) is 0 Å². The topological polar surface area (TPSA) is 46.5 Å². The van der Waals surface area contributed by atoms with E-state index in [2.05, 4.69) is 0 Å². The van der Waals surface area contributed by atoms with Crippen molar-refractivity contribution in [1.82, 2.24) is 0 Å². The second-order valence-electron chi connectivity index (χ2n) is 4.55. The van der Waals surface area contributed by atoms with Crippen LogP contribution in [0.25, 0.3) is 5.57 Å². The largest absolute Gasteiger partial charge is 0.494 e. The van der Waals surface area contributed by atoms with Gasteiger partial charge in [-0.1, -0.05) is 19.4 Å². The smallest absolute Gasteiger partial charge is 0.328 e. The number of ether oxygens (including phenoxy) is 1. The fraction of sp³-hybridized carbons (Fsp3) is 0.438. The summed E-state index contributed by atoms with van der Waals surface area (Å²) < 4.78 is 5.56. The van der Waals surface area contributed by atoms with Crippen molar-refractivity contribution in [3.63, 3.8) is 0 Å². The lowest BCUT2D eigenvalue weighted by molar-refractivity contribution is -0.131. The molecule has 1 aromatic rings. The standard InChI is InChI=1S/C16H22O3/c1-5-7-13(10-16(17)18)14-8-9-15(19-6-2)12(4)11(14)3/h8-10H,5-7H2,1-4H3,(H,17,18)/b13-10+. The van der Waals surface area contributed by atoms with Gasteiger partial charge in [-0.3, -0.25) is 0 Å². The van der Waals surface area contributed by atoms with Gasteiger partial charge in [0.15, 0.2) is 0 Å². The highest BCUT2D eigenvalue weighted by molar-refractivity contribution is 5.90. The van der Waals surface area contributed by atoms with E-state index in [1.165, 1.54) is 6.08 Å². The van der Waals surface area contributed by atoms with Crippen LogP contribution in [0, 0.1) is 13.8 Å². The van der Waals surface area contributed by atoms with Crippen LogP contribution in [0.2, 0.25) is 0 Å². The summed E-state index contributed by atoms with van der Waals surface area (Å²) in [6.45, 7) is 8.65. The quantitative estimate of drug-likeness (QED) is 0.789. The number of carbonyl (C=O) groups is 1. The Bertz CT molecular complexity index is 487. The van der Waals surface area contributed by atoms with Crippen LogP contribution in [0.5, 0.6) is 5.75 Å². The maximum atomic E-state index is 10.9. The molecule has 0 unspecified atom stereocenters. The lowest BCUT2D eigenvalue weighted by atomic mass is 9.93. The highest BCUT2D eigenvalue weighted by Gasteiger charge is 2.11. The van der Waals surface area contributed by atoms with Gasteiger partial charge in [0.1, 0.15) is 5.75 Å². The van der Waals surface area contributed by atoms with Crippen LogP contribution in [-0.4, -0.2) is 17.7 Å². The van der Waals surface area contributed by atoms with Crippen molar-refractivity contribution in [3.8, 4) is 5.75 Å². The van der Waals surface area contributed by atoms with Gasteiger partial charge in [-0.15, -0.1) is 0 Å². The van der Waals surface area contributed by atoms with Crippen LogP contribution >= 0.6 is 0 Å². The molecule has 19 heavy (non-hydrogen) atoms. The summed E-state index contributed by atoms with van der Waals surface area (Å²) in [5.74, 6) is -0.0238. The molecular weight excluding hydrogens is 240 g/mol. The molecule has 0 aliphatic carbocycles. The second-order valence-corrected chi connectivity index (χ2v) is 4.55. The third-order valence-electron chi connectivity index (χ3n) is 3.20. The predicted molar refractivity (Wildman–Crippen MR) is 77.6 cm³/mol. The zero-order chi connectivity index (χ0) is 14.4. The third-order valence-corrected chi connectivity index (χ3v) is 3.20. The molecule has 1 aromatic carbocycles. The molecule has 3 nitrogen and oxygen atoms in total. The monoisotopic (exact) mass is 262 g/mol. The third kappa shape index (κ3) is 3.85. The number of hydrogen-bond acceptors (Lipinski definition) is 2. The van der Waals surface area contributed by atoms with E-state index in [-0.39, 0.29) is 0 Å². The van der Waals surface area contributed by atoms with Gasteiger partial charge in [0.25, 0.3) is 0 Å². The highest BCUT2D eigenvalue weighted by Crippen LogP contribution is 2.30. The lowest BCUT2D eigenvalue weighted by Gasteiger charge is -2.15. The van der Waals surface area contributed by atoms with Crippen molar-refractivity contribution in [2.45, 2.75) is 40.5 Å². The minimum Gasteiger partial charge on any atom is -0.494 e. The van der Waals surface area contributed by atoms with Gasteiger partial charge in [0.05, 0.1) is 6.61 Å². The number of hydrogen-bond donors (Lipinski definition) is 1. The van der Waals surface area contributed by atoms with Gasteiger partial charge in [0, 0.05) is 6.08 Å². The van der Waals surface area contributed by atoms with Crippen molar-refractivity contribution in [2.24, 2.45) is 0 Å². The van der Waals surface area contributed by atoms with Crippen molar-refractivity contribution in [1.29, 1.82) is 0 Å². The van der Waals surface area contributed by atoms with E-state index < -0.39 is 5.97 Å². The molecular formula is C16H22O3. The number of benzene rings is 1. The first-order chi connectivity index (χ1) is 9.01. The van der Waals surface area contributed by atoms with Crippen molar-refractivity contribution >= 4 is 11.5 Å². The first-order valence-corrected chi connectivity index (χ1v) is 6.68. The van der Waals surface area contributed by atoms with Crippen molar-refractivity contribution in [3.05, 3.63) is 34.9 Å². The highest BCUT2D eigenvalue weighted by atomic mass is 16.5. The maximum absolute atomic E-state index is 10.9. The predicted octanol–water partition coefficient (Wildman–Crippen LogP) is 3.97. The van der Waals surface area contributed by atoms with E-state index in [1.54, 1.807) is 0 Å². The molecule has 0 fully saturated rings. The second kappa shape index (κ2) is 6.98. The molecule has 1 rings (SSSR count). The Labute approximate surface area is 114 Å². The van der Waals surface area contributed by atoms with E-state index in [9.17, 15) is 4.79 Å². The Balaban J connectivity index is 3.25. The van der Waals surface area contributed by atoms with Crippen molar-refractivity contribution < 1.29 is 14.6 Å². The lowest BCUT2D eigenvalue weighted by Crippen LogP contribution is -2.00. The van der Waals surface area contributed by atoms with E-state index >= 15 is 0 Å². The SMILES string of the molecule is CCC/C(=C\C(=O)O)c1ccc(OCC)c(C)c1C. The number of carboxylic acids is 1. The van der Waals surface area contributed by atoms with Gasteiger partial charge in [0.2, 0.25) is 0 Å². The number of carboxylic acid groups (broad SMARTS) is 1. The molecule has 0 heterocycles. The Morgan fingerprint density at radius 2 is 1.95 bits per heavy atom. The molecule has 0 amide bonds. The normalized spacial score (nSPS) is 11.5. The molecule has 3 heteroatoms. The Morgan fingerprint density at radius 1 is 1.26 bits per heavy atom. The molecule has 0 aliphatic heterocycles. The molecule has 0 bridgehead atoms. The van der Waals surface area contributed by atoms with Crippen LogP contribution in [-0.2, 0) is 4.79 Å². The molecule has 0 aliphatic rings. The zero-order valence-corrected chi connectivity index (χ0v) is 12.1. The molecule has 0 spiro atoms. The first-order valence-electron chi connectivity index (χ1n) is 6.68. The molecule has 0 saturated carbocycles. The van der Waals surface area contributed by atoms with E-state index in [4.69, 9.17) is 9.84 Å². The van der Waals surface area contributed by atoms with Crippen LogP contribution < -0.4 is 4.74 Å². The average molecular weight is 262 g/mol. The molecule has 104 valence electrons. The maximum Gasteiger partial charge on any atom is 0.328 e. The summed E-state index contributed by atoms with van der Waals surface area (Å²) >= 11 is 0. The Morgan fingerprint density at radius 3 is 2.47 bits per heavy atom. The summed E-state index contributed by atoms with van der Waals surface area (Å²) in [5.41, 5.74) is 4.04. The summed E-state index contributed by atoms with van der Waals surface area (Å²) in [6.07, 6.45) is 3.00. The van der Waals surface area contributed by atoms with E-state index in [0.717, 1.165) is 40.9 Å². The average Bonchev–Trinajstić information content (AvgIpc) is 2.34. The summed E-state index contributed by atoms with van der Waals surface area (Å²) in [5, 5.41) is 8.97. The summed E-state index contributed by atoms with van der Waals surface area (Å²) in [4.78, 5) is 10.9. The van der Waals surface area contributed by atoms with Crippen LogP contribution in [0.15, 0.2) is 18.2 Å². The van der Waals surface area contributed by atoms with Gasteiger partial charge in [-0.2, -0.15) is 0 Å². The number of aliphatic carboxylic acids is 1. The van der Waals surface area contributed by atoms with Crippen LogP contribution in [0.1, 0.15) is 43.4 Å². The van der Waals surface area contributed by atoms with Crippen LogP contribution in [0.4, 0.5) is 0 Å². The minimum absolute atomic E-state index is 0.631. The van der Waals surface area contributed by atoms with Gasteiger partial charge < -0.3 is 9.84 Å². The summed E-state index contributed by atoms with van der Waals surface area (Å²) in [6, 6.07) is 3.88. The molecule has 1 N–H and O–H groups in total. The first kappa shape index (κ1) is 15.3. The van der Waals surface area contributed by atoms with E-state index in [0.29, 0.717) is 6.61 Å². The Hall–Kier alpha value is -1.77. The zero-order valence-electron chi connectivity index (χ0n) is 12.1. The molecule has 0 aromatic heterocycles. The Kier molecular flexibility index (Phi) is 5.61. The fourth-order valence-electron chi connectivity index (χ4n) is 2.16. The number of rotatable bonds is 6. The summed E-state index contributed by atoms with van der Waals surface area (Å²) in [7, 11) is 0. The van der Waals surface area contributed by atoms with Crippen molar-refractivity contribution in [2.75, 3.05) is 6.61 Å². The van der Waals surface area contributed by atoms with Gasteiger partial charge in [-0.25, -0.2) is 4.79 Å². The fourth-order valence-corrected chi connectivity index (χ4v) is 2.16. The number of allylic oxidation sites excluding steroid dienone is 1. The van der Waals surface area contributed by atoms with E-state index in [1.807, 2.05) is 39.8 Å². The van der Waals surface area contributed by atoms with Gasteiger partial charge >= 0.3 is 5.97 Å². The molecule has 0 saturated heterocycles. The van der Waals surface area contributed by atoms with Gasteiger partial charge in [-0.05, 0) is 55.5 Å². The molecule has 0 atom stereocenters. The minimum atomic E-state index is -0.894. The molecule has 0 radical (unpaired) electrons.